The van der Waals surface area contributed by atoms with Crippen molar-refractivity contribution in [3.8, 4) is 0 Å². The van der Waals surface area contributed by atoms with Crippen molar-refractivity contribution >= 4 is 34.9 Å². The molecule has 0 radical (unpaired) electrons. The van der Waals surface area contributed by atoms with Gasteiger partial charge in [-0.05, 0) is 42.0 Å². The Hall–Kier alpha value is -3.31. The van der Waals surface area contributed by atoms with Crippen molar-refractivity contribution in [2.24, 2.45) is 0 Å². The standard InChI is InChI=1S/C21H18ClN3O2/c22-17-9-5-11-19(13-17)25-21(27)24-18-10-4-8-16(12-18)20(26)23-14-15-6-2-1-3-7-15/h1-13H,14H2,(H,23,26)(H2,24,25,27). The molecule has 0 unspecified atom stereocenters. The number of rotatable bonds is 5. The monoisotopic (exact) mass is 379 g/mol. The van der Waals surface area contributed by atoms with Crippen LogP contribution in [0, 0.1) is 0 Å². The number of urea groups is 1. The summed E-state index contributed by atoms with van der Waals surface area (Å²) in [6.45, 7) is 0.437. The predicted octanol–water partition coefficient (Wildman–Crippen LogP) is 4.91. The molecule has 5 nitrogen and oxygen atoms in total. The van der Waals surface area contributed by atoms with E-state index < -0.39 is 6.03 Å². The summed E-state index contributed by atoms with van der Waals surface area (Å²) in [5.41, 5.74) is 2.58. The van der Waals surface area contributed by atoms with E-state index in [0.717, 1.165) is 5.56 Å². The number of anilines is 2. The van der Waals surface area contributed by atoms with E-state index in [4.69, 9.17) is 11.6 Å². The van der Waals surface area contributed by atoms with Gasteiger partial charge in [-0.2, -0.15) is 0 Å². The largest absolute Gasteiger partial charge is 0.348 e. The van der Waals surface area contributed by atoms with E-state index in [9.17, 15) is 9.59 Å². The Balaban J connectivity index is 1.59. The van der Waals surface area contributed by atoms with E-state index >= 15 is 0 Å². The number of nitrogens with one attached hydrogen (secondary N) is 3. The van der Waals surface area contributed by atoms with Gasteiger partial charge in [0.2, 0.25) is 0 Å². The topological polar surface area (TPSA) is 70.2 Å². The lowest BCUT2D eigenvalue weighted by atomic mass is 10.1. The Morgan fingerprint density at radius 3 is 2.15 bits per heavy atom. The zero-order valence-corrected chi connectivity index (χ0v) is 15.2. The van der Waals surface area contributed by atoms with Crippen LogP contribution in [-0.2, 0) is 6.54 Å². The Labute approximate surface area is 162 Å². The van der Waals surface area contributed by atoms with Crippen molar-refractivity contribution in [1.29, 1.82) is 0 Å². The van der Waals surface area contributed by atoms with Gasteiger partial charge in [-0.1, -0.05) is 54.1 Å². The van der Waals surface area contributed by atoms with Gasteiger partial charge in [0.05, 0.1) is 0 Å². The molecule has 0 atom stereocenters. The molecule has 27 heavy (non-hydrogen) atoms. The fourth-order valence-corrected chi connectivity index (χ4v) is 2.67. The van der Waals surface area contributed by atoms with E-state index in [-0.39, 0.29) is 5.91 Å². The van der Waals surface area contributed by atoms with Crippen molar-refractivity contribution in [3.05, 3.63) is 95.0 Å². The fraction of sp³-hybridized carbons (Fsp3) is 0.0476. The first-order valence-corrected chi connectivity index (χ1v) is 8.74. The summed E-state index contributed by atoms with van der Waals surface area (Å²) in [6.07, 6.45) is 0. The molecule has 0 aliphatic carbocycles. The maximum atomic E-state index is 12.3. The molecule has 0 saturated carbocycles. The molecule has 3 N–H and O–H groups in total. The lowest BCUT2D eigenvalue weighted by molar-refractivity contribution is 0.0951. The molecule has 3 rings (SSSR count). The molecule has 0 heterocycles. The molecule has 0 fully saturated rings. The average Bonchev–Trinajstić information content (AvgIpc) is 2.67. The highest BCUT2D eigenvalue weighted by Crippen LogP contribution is 2.16. The minimum absolute atomic E-state index is 0.210. The van der Waals surface area contributed by atoms with Gasteiger partial charge in [-0.25, -0.2) is 4.79 Å². The van der Waals surface area contributed by atoms with Gasteiger partial charge in [-0.15, -0.1) is 0 Å². The van der Waals surface area contributed by atoms with Crippen LogP contribution in [0.5, 0.6) is 0 Å². The van der Waals surface area contributed by atoms with Crippen LogP contribution in [0.2, 0.25) is 5.02 Å². The second-order valence-electron chi connectivity index (χ2n) is 5.84. The molecule has 3 aromatic rings. The quantitative estimate of drug-likeness (QED) is 0.589. The average molecular weight is 380 g/mol. The van der Waals surface area contributed by atoms with Gasteiger partial charge in [0.1, 0.15) is 0 Å². The maximum Gasteiger partial charge on any atom is 0.323 e. The third-order valence-corrected chi connectivity index (χ3v) is 4.00. The molecule has 3 amide bonds. The van der Waals surface area contributed by atoms with E-state index in [1.807, 2.05) is 30.3 Å². The number of hydrogen-bond acceptors (Lipinski definition) is 2. The molecule has 3 aromatic carbocycles. The molecule has 0 aromatic heterocycles. The molecule has 0 aliphatic heterocycles. The molecular formula is C21H18ClN3O2. The van der Waals surface area contributed by atoms with Crippen LogP contribution in [-0.4, -0.2) is 11.9 Å². The number of benzene rings is 3. The Morgan fingerprint density at radius 2 is 1.44 bits per heavy atom. The van der Waals surface area contributed by atoms with Gasteiger partial charge in [0.25, 0.3) is 5.91 Å². The molecule has 0 saturated heterocycles. The number of halogens is 1. The lowest BCUT2D eigenvalue weighted by Gasteiger charge is -2.10. The van der Waals surface area contributed by atoms with E-state index in [1.54, 1.807) is 48.5 Å². The molecule has 136 valence electrons. The predicted molar refractivity (Wildman–Crippen MR) is 108 cm³/mol. The first-order valence-electron chi connectivity index (χ1n) is 8.36. The molecule has 0 spiro atoms. The van der Waals surface area contributed by atoms with Gasteiger partial charge >= 0.3 is 6.03 Å². The lowest BCUT2D eigenvalue weighted by Crippen LogP contribution is -2.23. The summed E-state index contributed by atoms with van der Waals surface area (Å²) in [4.78, 5) is 24.4. The molecule has 0 aliphatic rings. The summed E-state index contributed by atoms with van der Waals surface area (Å²) in [6, 6.07) is 22.8. The van der Waals surface area contributed by atoms with Crippen LogP contribution in [0.1, 0.15) is 15.9 Å². The summed E-state index contributed by atoms with van der Waals surface area (Å²) < 4.78 is 0. The first kappa shape index (κ1) is 18.5. The minimum atomic E-state index is -0.417. The van der Waals surface area contributed by atoms with Crippen LogP contribution in [0.3, 0.4) is 0 Å². The smallest absolute Gasteiger partial charge is 0.323 e. The maximum absolute atomic E-state index is 12.3. The highest BCUT2D eigenvalue weighted by Gasteiger charge is 2.08. The summed E-state index contributed by atoms with van der Waals surface area (Å²) >= 11 is 5.90. The Kier molecular flexibility index (Phi) is 6.07. The highest BCUT2D eigenvalue weighted by molar-refractivity contribution is 6.30. The van der Waals surface area contributed by atoms with Gasteiger partial charge < -0.3 is 16.0 Å². The summed E-state index contributed by atoms with van der Waals surface area (Å²) in [5.74, 6) is -0.210. The van der Waals surface area contributed by atoms with Crippen LogP contribution >= 0.6 is 11.6 Å². The van der Waals surface area contributed by atoms with E-state index in [1.165, 1.54) is 0 Å². The third kappa shape index (κ3) is 5.59. The first-order chi connectivity index (χ1) is 13.1. The Morgan fingerprint density at radius 1 is 0.778 bits per heavy atom. The van der Waals surface area contributed by atoms with Gasteiger partial charge in [0.15, 0.2) is 0 Å². The van der Waals surface area contributed by atoms with E-state index in [0.29, 0.717) is 28.5 Å². The molecule has 0 bridgehead atoms. The second-order valence-corrected chi connectivity index (χ2v) is 6.27. The van der Waals surface area contributed by atoms with E-state index in [2.05, 4.69) is 16.0 Å². The highest BCUT2D eigenvalue weighted by atomic mass is 35.5. The molecular weight excluding hydrogens is 362 g/mol. The van der Waals surface area contributed by atoms with Crippen molar-refractivity contribution in [1.82, 2.24) is 5.32 Å². The van der Waals surface area contributed by atoms with Crippen molar-refractivity contribution in [2.45, 2.75) is 6.54 Å². The van der Waals surface area contributed by atoms with Crippen molar-refractivity contribution < 1.29 is 9.59 Å². The second kappa shape index (κ2) is 8.87. The van der Waals surface area contributed by atoms with Crippen LogP contribution in [0.15, 0.2) is 78.9 Å². The zero-order valence-electron chi connectivity index (χ0n) is 14.4. The van der Waals surface area contributed by atoms with Crippen LogP contribution in [0.4, 0.5) is 16.2 Å². The Bertz CT molecular complexity index is 945. The summed E-state index contributed by atoms with van der Waals surface area (Å²) in [5, 5.41) is 8.79. The normalized spacial score (nSPS) is 10.1. The van der Waals surface area contributed by atoms with Crippen molar-refractivity contribution in [3.63, 3.8) is 0 Å². The van der Waals surface area contributed by atoms with Gasteiger partial charge in [-0.3, -0.25) is 4.79 Å². The SMILES string of the molecule is O=C(Nc1cccc(Cl)c1)Nc1cccc(C(=O)NCc2ccccc2)c1. The number of amides is 3. The summed E-state index contributed by atoms with van der Waals surface area (Å²) in [7, 11) is 0. The fourth-order valence-electron chi connectivity index (χ4n) is 2.48. The van der Waals surface area contributed by atoms with Crippen LogP contribution in [0.25, 0.3) is 0 Å². The number of carbonyl (C=O) groups excluding carboxylic acids is 2. The zero-order chi connectivity index (χ0) is 19.1. The number of hydrogen-bond donors (Lipinski definition) is 3. The van der Waals surface area contributed by atoms with Crippen LogP contribution < -0.4 is 16.0 Å². The number of carbonyl (C=O) groups is 2. The van der Waals surface area contributed by atoms with Gasteiger partial charge in [0, 0.05) is 28.5 Å². The third-order valence-electron chi connectivity index (χ3n) is 3.76. The molecule has 6 heteroatoms. The minimum Gasteiger partial charge on any atom is -0.348 e. The van der Waals surface area contributed by atoms with Crippen molar-refractivity contribution in [2.75, 3.05) is 10.6 Å².